The van der Waals surface area contributed by atoms with Crippen LogP contribution in [-0.2, 0) is 9.59 Å². The maximum atomic E-state index is 12.2. The molecule has 0 atom stereocenters. The second-order valence-electron chi connectivity index (χ2n) is 6.58. The SMILES string of the molecule is CCCCCCCCCCCC(=O)N(CCO)CCNCCC(=O)O.[H-].[Na+]. The maximum absolute atomic E-state index is 12.2. The predicted octanol–water partition coefficient (Wildman–Crippen LogP) is -0.0910. The molecule has 0 aromatic carbocycles. The second-order valence-corrected chi connectivity index (χ2v) is 6.58. The number of amides is 1. The van der Waals surface area contributed by atoms with Crippen molar-refractivity contribution < 1.29 is 50.8 Å². The van der Waals surface area contributed by atoms with Crippen LogP contribution in [0.2, 0.25) is 0 Å². The topological polar surface area (TPSA) is 89.9 Å². The normalized spacial score (nSPS) is 10.4. The van der Waals surface area contributed by atoms with Crippen LogP contribution in [-0.4, -0.2) is 59.8 Å². The number of rotatable bonds is 18. The summed E-state index contributed by atoms with van der Waals surface area (Å²) in [4.78, 5) is 24.3. The number of hydrogen-bond acceptors (Lipinski definition) is 4. The summed E-state index contributed by atoms with van der Waals surface area (Å²) in [7, 11) is 0. The van der Waals surface area contributed by atoms with Crippen LogP contribution >= 0.6 is 0 Å². The molecule has 0 rings (SSSR count). The van der Waals surface area contributed by atoms with Crippen LogP contribution in [0.25, 0.3) is 0 Å². The summed E-state index contributed by atoms with van der Waals surface area (Å²) in [6.07, 6.45) is 11.6. The Morgan fingerprint density at radius 1 is 0.885 bits per heavy atom. The molecule has 0 bridgehead atoms. The molecule has 0 fully saturated rings. The number of nitrogens with one attached hydrogen (secondary N) is 1. The zero-order valence-corrected chi connectivity index (χ0v) is 19.0. The molecule has 0 aliphatic heterocycles. The zero-order valence-electron chi connectivity index (χ0n) is 18.0. The van der Waals surface area contributed by atoms with Gasteiger partial charge in [-0.2, -0.15) is 0 Å². The van der Waals surface area contributed by atoms with Crippen LogP contribution in [0.3, 0.4) is 0 Å². The zero-order chi connectivity index (χ0) is 18.8. The number of carbonyl (C=O) groups excluding carboxylic acids is 1. The molecule has 0 aromatic rings. The van der Waals surface area contributed by atoms with E-state index in [1.165, 1.54) is 44.9 Å². The number of aliphatic carboxylic acids is 1. The minimum atomic E-state index is -0.832. The van der Waals surface area contributed by atoms with Crippen molar-refractivity contribution in [2.45, 2.75) is 77.6 Å². The third-order valence-electron chi connectivity index (χ3n) is 4.29. The van der Waals surface area contributed by atoms with Crippen molar-refractivity contribution >= 4 is 11.9 Å². The van der Waals surface area contributed by atoms with Gasteiger partial charge in [-0.1, -0.05) is 58.3 Å². The molecule has 0 spiro atoms. The Hall–Kier alpha value is -0.140. The maximum Gasteiger partial charge on any atom is 1.00 e. The van der Waals surface area contributed by atoms with E-state index in [0.717, 1.165) is 12.8 Å². The van der Waals surface area contributed by atoms with Crippen LogP contribution in [0, 0.1) is 0 Å². The van der Waals surface area contributed by atoms with Crippen molar-refractivity contribution in [3.05, 3.63) is 0 Å². The summed E-state index contributed by atoms with van der Waals surface area (Å²) in [5, 5.41) is 20.7. The van der Waals surface area contributed by atoms with E-state index < -0.39 is 5.97 Å². The van der Waals surface area contributed by atoms with E-state index in [1.807, 2.05) is 0 Å². The van der Waals surface area contributed by atoms with Gasteiger partial charge in [0.05, 0.1) is 13.0 Å². The summed E-state index contributed by atoms with van der Waals surface area (Å²) < 4.78 is 0. The Bertz CT molecular complexity index is 350. The third-order valence-corrected chi connectivity index (χ3v) is 4.29. The fourth-order valence-corrected chi connectivity index (χ4v) is 2.76. The van der Waals surface area contributed by atoms with Crippen molar-refractivity contribution in [3.63, 3.8) is 0 Å². The first-order valence-corrected chi connectivity index (χ1v) is 9.93. The molecule has 1 amide bonds. The predicted molar refractivity (Wildman–Crippen MR) is 102 cm³/mol. The van der Waals surface area contributed by atoms with Gasteiger partial charge in [0, 0.05) is 32.6 Å². The molecule has 150 valence electrons. The van der Waals surface area contributed by atoms with E-state index in [2.05, 4.69) is 12.2 Å². The van der Waals surface area contributed by atoms with Crippen molar-refractivity contribution in [3.8, 4) is 0 Å². The molecule has 0 aliphatic carbocycles. The summed E-state index contributed by atoms with van der Waals surface area (Å²) in [5.41, 5.74) is 0. The fourth-order valence-electron chi connectivity index (χ4n) is 2.76. The average Bonchev–Trinajstić information content (AvgIpc) is 2.58. The van der Waals surface area contributed by atoms with Gasteiger partial charge in [-0.3, -0.25) is 9.59 Å². The van der Waals surface area contributed by atoms with Crippen molar-refractivity contribution in [2.75, 3.05) is 32.8 Å². The Morgan fingerprint density at radius 3 is 2.00 bits per heavy atom. The smallest absolute Gasteiger partial charge is 1.00 e. The molecule has 0 unspecified atom stereocenters. The van der Waals surface area contributed by atoms with Crippen LogP contribution < -0.4 is 34.9 Å². The van der Waals surface area contributed by atoms with Gasteiger partial charge in [0.1, 0.15) is 0 Å². The average molecular weight is 383 g/mol. The first-order chi connectivity index (χ1) is 12.1. The third kappa shape index (κ3) is 18.6. The Labute approximate surface area is 182 Å². The fraction of sp³-hybridized carbons (Fsp3) is 0.895. The van der Waals surface area contributed by atoms with E-state index >= 15 is 0 Å². The number of carbonyl (C=O) groups is 2. The number of hydrogen-bond donors (Lipinski definition) is 3. The number of carboxylic acids is 1. The van der Waals surface area contributed by atoms with Gasteiger partial charge in [-0.05, 0) is 6.42 Å². The molecule has 26 heavy (non-hydrogen) atoms. The summed E-state index contributed by atoms with van der Waals surface area (Å²) in [6, 6.07) is 0. The molecule has 6 nitrogen and oxygen atoms in total. The summed E-state index contributed by atoms with van der Waals surface area (Å²) >= 11 is 0. The monoisotopic (exact) mass is 382 g/mol. The largest absolute Gasteiger partial charge is 1.00 e. The number of nitrogens with zero attached hydrogens (tertiary/aromatic N) is 1. The van der Waals surface area contributed by atoms with Crippen LogP contribution in [0.1, 0.15) is 79.0 Å². The summed E-state index contributed by atoms with van der Waals surface area (Å²) in [5.74, 6) is -0.752. The quantitative estimate of drug-likeness (QED) is 0.228. The van der Waals surface area contributed by atoms with Gasteiger partial charge in [-0.15, -0.1) is 0 Å². The minimum Gasteiger partial charge on any atom is -1.00 e. The number of aliphatic hydroxyl groups excluding tert-OH is 1. The second kappa shape index (κ2) is 21.2. The molecule has 0 radical (unpaired) electrons. The van der Waals surface area contributed by atoms with Crippen LogP contribution in [0.4, 0.5) is 0 Å². The van der Waals surface area contributed by atoms with E-state index in [4.69, 9.17) is 10.2 Å². The van der Waals surface area contributed by atoms with Crippen LogP contribution in [0.15, 0.2) is 0 Å². The molecular formula is C19H39N2NaO4. The Morgan fingerprint density at radius 2 is 1.46 bits per heavy atom. The van der Waals surface area contributed by atoms with Gasteiger partial charge in [0.2, 0.25) is 5.91 Å². The summed E-state index contributed by atoms with van der Waals surface area (Å²) in [6.45, 7) is 3.99. The molecule has 0 saturated heterocycles. The van der Waals surface area contributed by atoms with Crippen molar-refractivity contribution in [1.29, 1.82) is 0 Å². The molecular weight excluding hydrogens is 343 g/mol. The van der Waals surface area contributed by atoms with Gasteiger partial charge < -0.3 is 21.9 Å². The first kappa shape index (κ1) is 28.1. The van der Waals surface area contributed by atoms with Crippen molar-refractivity contribution in [1.82, 2.24) is 10.2 Å². The number of aliphatic hydroxyl groups is 1. The van der Waals surface area contributed by atoms with Gasteiger partial charge in [-0.25, -0.2) is 0 Å². The van der Waals surface area contributed by atoms with E-state index in [9.17, 15) is 9.59 Å². The van der Waals surface area contributed by atoms with Gasteiger partial charge >= 0.3 is 35.5 Å². The Kier molecular flexibility index (Phi) is 22.9. The first-order valence-electron chi connectivity index (χ1n) is 9.93. The van der Waals surface area contributed by atoms with Gasteiger partial charge in [0.15, 0.2) is 0 Å². The molecule has 0 heterocycles. The van der Waals surface area contributed by atoms with E-state index in [1.54, 1.807) is 4.90 Å². The van der Waals surface area contributed by atoms with E-state index in [-0.39, 0.29) is 49.9 Å². The van der Waals surface area contributed by atoms with Crippen LogP contribution in [0.5, 0.6) is 0 Å². The van der Waals surface area contributed by atoms with Gasteiger partial charge in [0.25, 0.3) is 0 Å². The Balaban J connectivity index is -0.00000288. The molecule has 0 aliphatic rings. The standard InChI is InChI=1S/C19H38N2O4.Na.H/c1-2-3-4-5-6-7-8-9-10-11-18(23)21(16-17-22)15-14-20-13-12-19(24)25;;/h20,22H,2-17H2,1H3,(H,24,25);;/q;+1;-1. The molecule has 0 saturated carbocycles. The minimum absolute atomic E-state index is 0. The molecule has 7 heteroatoms. The molecule has 0 aromatic heterocycles. The number of carboxylic acid groups (broad SMARTS) is 1. The number of unbranched alkanes of at least 4 members (excludes halogenated alkanes) is 8. The molecule has 3 N–H and O–H groups in total. The van der Waals surface area contributed by atoms with E-state index in [0.29, 0.717) is 32.6 Å². The van der Waals surface area contributed by atoms with Crippen molar-refractivity contribution in [2.24, 2.45) is 0 Å².